The van der Waals surface area contributed by atoms with Crippen LogP contribution in [0, 0.1) is 10.1 Å². The van der Waals surface area contributed by atoms with Gasteiger partial charge in [-0.1, -0.05) is 6.92 Å². The lowest BCUT2D eigenvalue weighted by Gasteiger charge is -2.04. The van der Waals surface area contributed by atoms with E-state index < -0.39 is 20.7 Å². The van der Waals surface area contributed by atoms with Gasteiger partial charge in [-0.3, -0.25) is 14.9 Å². The first-order valence-corrected chi connectivity index (χ1v) is 9.03. The van der Waals surface area contributed by atoms with Crippen molar-refractivity contribution in [3.8, 4) is 0 Å². The number of rotatable bonds is 6. The number of nitrogens with one attached hydrogen (secondary N) is 1. The van der Waals surface area contributed by atoms with Crippen molar-refractivity contribution < 1.29 is 18.1 Å². The van der Waals surface area contributed by atoms with Gasteiger partial charge in [0.1, 0.15) is 0 Å². The van der Waals surface area contributed by atoms with Crippen molar-refractivity contribution >= 4 is 33.2 Å². The lowest BCUT2D eigenvalue weighted by molar-refractivity contribution is -0.384. The maximum Gasteiger partial charge on any atom is 0.269 e. The van der Waals surface area contributed by atoms with Crippen molar-refractivity contribution in [1.29, 1.82) is 0 Å². The lowest BCUT2D eigenvalue weighted by Crippen LogP contribution is -2.08. The smallest absolute Gasteiger partial charge is 0.269 e. The highest BCUT2D eigenvalue weighted by Crippen LogP contribution is 2.16. The van der Waals surface area contributed by atoms with E-state index in [0.29, 0.717) is 11.3 Å². The average Bonchev–Trinajstić information content (AvgIpc) is 2.61. The van der Waals surface area contributed by atoms with Crippen LogP contribution in [0.1, 0.15) is 12.5 Å². The van der Waals surface area contributed by atoms with Crippen LogP contribution in [0.25, 0.3) is 6.08 Å². The van der Waals surface area contributed by atoms with E-state index in [4.69, 9.17) is 0 Å². The van der Waals surface area contributed by atoms with Crippen molar-refractivity contribution in [2.24, 2.45) is 0 Å². The lowest BCUT2D eigenvalue weighted by atomic mass is 10.2. The van der Waals surface area contributed by atoms with Crippen LogP contribution in [0.4, 0.5) is 11.4 Å². The first kappa shape index (κ1) is 18.3. The van der Waals surface area contributed by atoms with Gasteiger partial charge in [0.15, 0.2) is 9.84 Å². The molecule has 0 saturated heterocycles. The standard InChI is InChI=1S/C17H16N2O5S/c1-2-25(23,24)16-10-6-14(7-11-16)18-17(20)12-5-13-3-8-15(9-4-13)19(21)22/h3-12H,2H2,1H3,(H,18,20)/b12-5+. The summed E-state index contributed by atoms with van der Waals surface area (Å²) in [6, 6.07) is 11.7. The Morgan fingerprint density at radius 1 is 1.12 bits per heavy atom. The number of anilines is 1. The number of carbonyl (C=O) groups is 1. The molecule has 0 heterocycles. The molecule has 0 aliphatic carbocycles. The molecule has 0 unspecified atom stereocenters. The van der Waals surface area contributed by atoms with Crippen molar-refractivity contribution in [3.63, 3.8) is 0 Å². The molecule has 0 fully saturated rings. The molecule has 8 heteroatoms. The molecular formula is C17H16N2O5S. The van der Waals surface area contributed by atoms with Crippen LogP contribution in [0.5, 0.6) is 0 Å². The van der Waals surface area contributed by atoms with E-state index in [9.17, 15) is 23.3 Å². The van der Waals surface area contributed by atoms with E-state index in [1.54, 1.807) is 6.92 Å². The molecule has 0 aliphatic rings. The van der Waals surface area contributed by atoms with E-state index in [1.807, 2.05) is 0 Å². The minimum absolute atomic E-state index is 0.0106. The average molecular weight is 360 g/mol. The van der Waals surface area contributed by atoms with Gasteiger partial charge in [-0.2, -0.15) is 0 Å². The van der Waals surface area contributed by atoms with Crippen molar-refractivity contribution in [3.05, 3.63) is 70.3 Å². The van der Waals surface area contributed by atoms with Gasteiger partial charge in [-0.05, 0) is 48.0 Å². The third kappa shape index (κ3) is 4.98. The van der Waals surface area contributed by atoms with Gasteiger partial charge in [-0.25, -0.2) is 8.42 Å². The Labute approximate surface area is 145 Å². The second-order valence-corrected chi connectivity index (χ2v) is 7.38. The first-order valence-electron chi connectivity index (χ1n) is 7.38. The molecule has 0 saturated carbocycles. The number of carbonyl (C=O) groups excluding carboxylic acids is 1. The van der Waals surface area contributed by atoms with Gasteiger partial charge in [0, 0.05) is 23.9 Å². The number of nitro benzene ring substituents is 1. The van der Waals surface area contributed by atoms with Gasteiger partial charge in [0.05, 0.1) is 15.6 Å². The van der Waals surface area contributed by atoms with Gasteiger partial charge < -0.3 is 5.32 Å². The second-order valence-electron chi connectivity index (χ2n) is 5.10. The molecule has 0 aromatic heterocycles. The third-order valence-corrected chi connectivity index (χ3v) is 5.14. The van der Waals surface area contributed by atoms with Gasteiger partial charge >= 0.3 is 0 Å². The summed E-state index contributed by atoms with van der Waals surface area (Å²) < 4.78 is 23.4. The molecule has 0 radical (unpaired) electrons. The molecule has 0 aliphatic heterocycles. The van der Waals surface area contributed by atoms with E-state index in [-0.39, 0.29) is 16.3 Å². The Morgan fingerprint density at radius 3 is 2.24 bits per heavy atom. The summed E-state index contributed by atoms with van der Waals surface area (Å²) in [7, 11) is -3.27. The number of nitro groups is 1. The van der Waals surface area contributed by atoms with E-state index in [0.717, 1.165) is 0 Å². The summed E-state index contributed by atoms with van der Waals surface area (Å²) in [5.41, 5.74) is 1.09. The fourth-order valence-corrected chi connectivity index (χ4v) is 2.86. The number of non-ortho nitro benzene ring substituents is 1. The molecule has 2 aromatic rings. The zero-order valence-electron chi connectivity index (χ0n) is 13.4. The van der Waals surface area contributed by atoms with E-state index >= 15 is 0 Å². The molecule has 130 valence electrons. The number of benzene rings is 2. The number of hydrogen-bond acceptors (Lipinski definition) is 5. The largest absolute Gasteiger partial charge is 0.323 e. The quantitative estimate of drug-likeness (QED) is 0.484. The molecular weight excluding hydrogens is 344 g/mol. The second kappa shape index (κ2) is 7.71. The molecule has 2 rings (SSSR count). The van der Waals surface area contributed by atoms with Crippen molar-refractivity contribution in [2.75, 3.05) is 11.1 Å². The zero-order chi connectivity index (χ0) is 18.4. The van der Waals surface area contributed by atoms with Gasteiger partial charge in [0.2, 0.25) is 5.91 Å². The Bertz CT molecular complexity index is 901. The van der Waals surface area contributed by atoms with Crippen LogP contribution in [0.2, 0.25) is 0 Å². The fourth-order valence-electron chi connectivity index (χ4n) is 1.98. The summed E-state index contributed by atoms with van der Waals surface area (Å²) in [6.07, 6.45) is 2.81. The molecule has 1 amide bonds. The minimum atomic E-state index is -3.27. The third-order valence-electron chi connectivity index (χ3n) is 3.39. The molecule has 1 N–H and O–H groups in total. The Morgan fingerprint density at radius 2 is 1.72 bits per heavy atom. The molecule has 25 heavy (non-hydrogen) atoms. The monoisotopic (exact) mass is 360 g/mol. The molecule has 0 atom stereocenters. The maximum atomic E-state index is 11.9. The highest BCUT2D eigenvalue weighted by molar-refractivity contribution is 7.91. The Hall–Kier alpha value is -3.00. The Kier molecular flexibility index (Phi) is 5.66. The molecule has 7 nitrogen and oxygen atoms in total. The van der Waals surface area contributed by atoms with Gasteiger partial charge in [0.25, 0.3) is 5.69 Å². The molecule has 0 bridgehead atoms. The van der Waals surface area contributed by atoms with Crippen LogP contribution in [-0.4, -0.2) is 25.0 Å². The number of nitrogens with zero attached hydrogens (tertiary/aromatic N) is 1. The topological polar surface area (TPSA) is 106 Å². The van der Waals surface area contributed by atoms with E-state index in [1.165, 1.54) is 60.7 Å². The SMILES string of the molecule is CCS(=O)(=O)c1ccc(NC(=O)/C=C/c2ccc([N+](=O)[O-])cc2)cc1. The van der Waals surface area contributed by atoms with Gasteiger partial charge in [-0.15, -0.1) is 0 Å². The molecule has 0 spiro atoms. The maximum absolute atomic E-state index is 11.9. The number of sulfone groups is 1. The number of hydrogen-bond donors (Lipinski definition) is 1. The number of amides is 1. The summed E-state index contributed by atoms with van der Waals surface area (Å²) in [6.45, 7) is 1.56. The van der Waals surface area contributed by atoms with Crippen molar-refractivity contribution in [1.82, 2.24) is 0 Å². The van der Waals surface area contributed by atoms with Crippen LogP contribution in [0.3, 0.4) is 0 Å². The first-order chi connectivity index (χ1) is 11.8. The van der Waals surface area contributed by atoms with Crippen molar-refractivity contribution in [2.45, 2.75) is 11.8 Å². The predicted molar refractivity (Wildman–Crippen MR) is 94.9 cm³/mol. The minimum Gasteiger partial charge on any atom is -0.323 e. The fraction of sp³-hybridized carbons (Fsp3) is 0.118. The highest BCUT2D eigenvalue weighted by Gasteiger charge is 2.11. The van der Waals surface area contributed by atoms with Crippen LogP contribution in [0.15, 0.2) is 59.5 Å². The zero-order valence-corrected chi connectivity index (χ0v) is 14.2. The molecule has 2 aromatic carbocycles. The summed E-state index contributed by atoms with van der Waals surface area (Å²) in [4.78, 5) is 22.2. The highest BCUT2D eigenvalue weighted by atomic mass is 32.2. The van der Waals surface area contributed by atoms with E-state index in [2.05, 4.69) is 5.32 Å². The summed E-state index contributed by atoms with van der Waals surface area (Å²) in [5, 5.41) is 13.2. The summed E-state index contributed by atoms with van der Waals surface area (Å²) >= 11 is 0. The van der Waals surface area contributed by atoms with Crippen LogP contribution in [-0.2, 0) is 14.6 Å². The normalized spacial score (nSPS) is 11.4. The Balaban J connectivity index is 2.01. The predicted octanol–water partition coefficient (Wildman–Crippen LogP) is 3.04. The summed E-state index contributed by atoms with van der Waals surface area (Å²) in [5.74, 6) is -0.388. The van der Waals surface area contributed by atoms with Crippen LogP contribution >= 0.6 is 0 Å². The van der Waals surface area contributed by atoms with Crippen LogP contribution < -0.4 is 5.32 Å².